The topological polar surface area (TPSA) is 49.6 Å². The lowest BCUT2D eigenvalue weighted by molar-refractivity contribution is 0.915. The number of aryl methyl sites for hydroxylation is 2. The summed E-state index contributed by atoms with van der Waals surface area (Å²) in [4.78, 5) is 11.5. The zero-order valence-electron chi connectivity index (χ0n) is 11.9. The van der Waals surface area contributed by atoms with Gasteiger partial charge >= 0.3 is 0 Å². The average Bonchev–Trinajstić information content (AvgIpc) is 3.13. The van der Waals surface area contributed by atoms with E-state index in [1.54, 1.807) is 18.1 Å². The van der Waals surface area contributed by atoms with Crippen molar-refractivity contribution in [2.75, 3.05) is 0 Å². The minimum Gasteiger partial charge on any atom is -0.229 e. The van der Waals surface area contributed by atoms with Gasteiger partial charge in [-0.2, -0.15) is 5.26 Å². The molecule has 108 valence electrons. The minimum atomic E-state index is 0.746. The lowest BCUT2D eigenvalue weighted by Crippen LogP contribution is -1.90. The SMILES string of the molecule is N#Cc1ccccc1CSc1ncnc2sc3c(c12)CCC3. The maximum Gasteiger partial charge on any atom is 0.128 e. The number of nitrogens with zero attached hydrogens (tertiary/aromatic N) is 3. The number of thiophene rings is 1. The highest BCUT2D eigenvalue weighted by Crippen LogP contribution is 2.40. The van der Waals surface area contributed by atoms with E-state index in [2.05, 4.69) is 16.0 Å². The smallest absolute Gasteiger partial charge is 0.128 e. The van der Waals surface area contributed by atoms with Crippen LogP contribution >= 0.6 is 23.1 Å². The summed E-state index contributed by atoms with van der Waals surface area (Å²) in [5, 5.41) is 11.5. The van der Waals surface area contributed by atoms with Gasteiger partial charge in [0.15, 0.2) is 0 Å². The van der Waals surface area contributed by atoms with Crippen molar-refractivity contribution in [1.82, 2.24) is 9.97 Å². The Morgan fingerprint density at radius 1 is 1.23 bits per heavy atom. The molecule has 0 radical (unpaired) electrons. The summed E-state index contributed by atoms with van der Waals surface area (Å²) in [6, 6.07) is 10.0. The molecule has 22 heavy (non-hydrogen) atoms. The van der Waals surface area contributed by atoms with E-state index in [0.29, 0.717) is 0 Å². The van der Waals surface area contributed by atoms with E-state index in [1.165, 1.54) is 28.7 Å². The van der Waals surface area contributed by atoms with Gasteiger partial charge < -0.3 is 0 Å². The van der Waals surface area contributed by atoms with Crippen LogP contribution in [0.1, 0.15) is 28.0 Å². The van der Waals surface area contributed by atoms with E-state index in [4.69, 9.17) is 0 Å². The molecule has 3 nitrogen and oxygen atoms in total. The zero-order valence-corrected chi connectivity index (χ0v) is 13.5. The largest absolute Gasteiger partial charge is 0.229 e. The molecule has 0 saturated heterocycles. The fraction of sp³-hybridized carbons (Fsp3) is 0.235. The first-order valence-electron chi connectivity index (χ1n) is 7.23. The summed E-state index contributed by atoms with van der Waals surface area (Å²) >= 11 is 3.52. The molecular formula is C17H13N3S2. The van der Waals surface area contributed by atoms with Crippen molar-refractivity contribution in [3.63, 3.8) is 0 Å². The quantitative estimate of drug-likeness (QED) is 0.531. The molecule has 0 fully saturated rings. The maximum atomic E-state index is 9.20. The Morgan fingerprint density at radius 3 is 3.05 bits per heavy atom. The lowest BCUT2D eigenvalue weighted by atomic mass is 10.1. The number of rotatable bonds is 3. The van der Waals surface area contributed by atoms with Crippen molar-refractivity contribution in [2.24, 2.45) is 0 Å². The number of benzene rings is 1. The monoisotopic (exact) mass is 323 g/mol. The van der Waals surface area contributed by atoms with Crippen LogP contribution in [0.25, 0.3) is 10.2 Å². The molecule has 4 rings (SSSR count). The second kappa shape index (κ2) is 5.71. The predicted octanol–water partition coefficient (Wildman–Crippen LogP) is 4.34. The number of nitriles is 1. The number of hydrogen-bond donors (Lipinski definition) is 0. The normalized spacial score (nSPS) is 13.2. The van der Waals surface area contributed by atoms with Crippen LogP contribution in [-0.2, 0) is 18.6 Å². The van der Waals surface area contributed by atoms with Crippen LogP contribution < -0.4 is 0 Å². The van der Waals surface area contributed by atoms with Crippen molar-refractivity contribution in [2.45, 2.75) is 30.0 Å². The number of thioether (sulfide) groups is 1. The Balaban J connectivity index is 1.69. The Morgan fingerprint density at radius 2 is 2.14 bits per heavy atom. The van der Waals surface area contributed by atoms with Gasteiger partial charge in [0.2, 0.25) is 0 Å². The molecule has 3 aromatic rings. The van der Waals surface area contributed by atoms with Crippen molar-refractivity contribution >= 4 is 33.3 Å². The molecule has 0 bridgehead atoms. The first-order chi connectivity index (χ1) is 10.9. The van der Waals surface area contributed by atoms with Gasteiger partial charge in [0.05, 0.1) is 11.6 Å². The molecular weight excluding hydrogens is 310 g/mol. The van der Waals surface area contributed by atoms with Gasteiger partial charge in [0, 0.05) is 16.0 Å². The van der Waals surface area contributed by atoms with Gasteiger partial charge in [-0.05, 0) is 36.5 Å². The van der Waals surface area contributed by atoms with Crippen LogP contribution in [0.2, 0.25) is 0 Å². The molecule has 0 aliphatic heterocycles. The summed E-state index contributed by atoms with van der Waals surface area (Å²) in [5.41, 5.74) is 3.26. The molecule has 0 atom stereocenters. The van der Waals surface area contributed by atoms with Crippen molar-refractivity contribution in [3.8, 4) is 6.07 Å². The molecule has 0 saturated carbocycles. The highest BCUT2D eigenvalue weighted by atomic mass is 32.2. The van der Waals surface area contributed by atoms with E-state index in [1.807, 2.05) is 35.6 Å². The first-order valence-corrected chi connectivity index (χ1v) is 9.03. The predicted molar refractivity (Wildman–Crippen MR) is 90.2 cm³/mol. The standard InChI is InChI=1S/C17H13N3S2/c18-8-11-4-1-2-5-12(11)9-21-16-15-13-6-3-7-14(13)22-17(15)20-10-19-16/h1-2,4-5,10H,3,6-7,9H2. The van der Waals surface area contributed by atoms with Crippen LogP contribution in [0.5, 0.6) is 0 Å². The highest BCUT2D eigenvalue weighted by molar-refractivity contribution is 7.98. The average molecular weight is 323 g/mol. The van der Waals surface area contributed by atoms with Gasteiger partial charge in [0.1, 0.15) is 16.2 Å². The molecule has 5 heteroatoms. The molecule has 2 aromatic heterocycles. The highest BCUT2D eigenvalue weighted by Gasteiger charge is 2.21. The van der Waals surface area contributed by atoms with Gasteiger partial charge in [-0.3, -0.25) is 0 Å². The van der Waals surface area contributed by atoms with Crippen molar-refractivity contribution < 1.29 is 0 Å². The van der Waals surface area contributed by atoms with Gasteiger partial charge in [-0.25, -0.2) is 9.97 Å². The van der Waals surface area contributed by atoms with Crippen LogP contribution in [0.4, 0.5) is 0 Å². The molecule has 1 aliphatic carbocycles. The van der Waals surface area contributed by atoms with E-state index in [-0.39, 0.29) is 0 Å². The summed E-state index contributed by atoms with van der Waals surface area (Å²) < 4.78 is 0. The van der Waals surface area contributed by atoms with E-state index >= 15 is 0 Å². The van der Waals surface area contributed by atoms with E-state index in [0.717, 1.165) is 33.2 Å². The summed E-state index contributed by atoms with van der Waals surface area (Å²) in [5.74, 6) is 0.764. The van der Waals surface area contributed by atoms with Crippen molar-refractivity contribution in [1.29, 1.82) is 5.26 Å². The fourth-order valence-electron chi connectivity index (χ4n) is 2.91. The van der Waals surface area contributed by atoms with Crippen LogP contribution in [0.3, 0.4) is 0 Å². The second-order valence-electron chi connectivity index (χ2n) is 5.27. The number of hydrogen-bond acceptors (Lipinski definition) is 5. The van der Waals surface area contributed by atoms with Crippen LogP contribution in [0.15, 0.2) is 35.6 Å². The van der Waals surface area contributed by atoms with Crippen molar-refractivity contribution in [3.05, 3.63) is 52.2 Å². The molecule has 0 amide bonds. The van der Waals surface area contributed by atoms with Gasteiger partial charge in [-0.15, -0.1) is 23.1 Å². The Bertz CT molecular complexity index is 893. The molecule has 1 aromatic carbocycles. The molecule has 0 N–H and O–H groups in total. The second-order valence-corrected chi connectivity index (χ2v) is 7.32. The third kappa shape index (κ3) is 2.29. The maximum absolute atomic E-state index is 9.20. The molecule has 0 spiro atoms. The van der Waals surface area contributed by atoms with E-state index in [9.17, 15) is 5.26 Å². The molecule has 0 unspecified atom stereocenters. The fourth-order valence-corrected chi connectivity index (χ4v) is 5.23. The Labute approximate surface area is 137 Å². The molecule has 2 heterocycles. The summed E-state index contributed by atoms with van der Waals surface area (Å²) in [6.45, 7) is 0. The Kier molecular flexibility index (Phi) is 3.57. The lowest BCUT2D eigenvalue weighted by Gasteiger charge is -2.05. The zero-order chi connectivity index (χ0) is 14.9. The number of aromatic nitrogens is 2. The van der Waals surface area contributed by atoms with Crippen LogP contribution in [0, 0.1) is 11.3 Å². The minimum absolute atomic E-state index is 0.746. The summed E-state index contributed by atoms with van der Waals surface area (Å²) in [7, 11) is 0. The first kappa shape index (κ1) is 13.7. The molecule has 1 aliphatic rings. The summed E-state index contributed by atoms with van der Waals surface area (Å²) in [6.07, 6.45) is 5.22. The Hall–Kier alpha value is -1.90. The number of fused-ring (bicyclic) bond motifs is 3. The third-order valence-electron chi connectivity index (χ3n) is 3.97. The van der Waals surface area contributed by atoms with E-state index < -0.39 is 0 Å². The van der Waals surface area contributed by atoms with Crippen LogP contribution in [-0.4, -0.2) is 9.97 Å². The van der Waals surface area contributed by atoms with Gasteiger partial charge in [0.25, 0.3) is 0 Å². The third-order valence-corrected chi connectivity index (χ3v) is 6.21. The van der Waals surface area contributed by atoms with Gasteiger partial charge in [-0.1, -0.05) is 18.2 Å².